The Bertz CT molecular complexity index is 746. The molecule has 0 aliphatic rings. The van der Waals surface area contributed by atoms with Gasteiger partial charge in [-0.1, -0.05) is 24.3 Å². The van der Waals surface area contributed by atoms with E-state index in [1.165, 1.54) is 6.07 Å². The first-order valence-electron chi connectivity index (χ1n) is 6.11. The van der Waals surface area contributed by atoms with Crippen LogP contribution in [0.15, 0.2) is 42.5 Å². The topological polar surface area (TPSA) is 43.8 Å². The summed E-state index contributed by atoms with van der Waals surface area (Å²) in [6.45, 7) is 0.478. The number of fused-ring (bicyclic) bond motifs is 1. The molecule has 0 radical (unpaired) electrons. The molecule has 1 heterocycles. The summed E-state index contributed by atoms with van der Waals surface area (Å²) in [6.07, 6.45) is 0. The second-order valence-electron chi connectivity index (χ2n) is 4.51. The number of nitrogens with zero attached hydrogens (tertiary/aromatic N) is 2. The number of aryl methyl sites for hydroxylation is 1. The molecule has 0 spiro atoms. The van der Waals surface area contributed by atoms with Crippen LogP contribution < -0.4 is 5.73 Å². The van der Waals surface area contributed by atoms with Gasteiger partial charge in [-0.05, 0) is 23.8 Å². The lowest BCUT2D eigenvalue weighted by molar-refractivity contribution is 0.637. The van der Waals surface area contributed by atoms with Gasteiger partial charge in [-0.3, -0.25) is 0 Å². The Labute approximate surface area is 110 Å². The zero-order valence-corrected chi connectivity index (χ0v) is 10.6. The maximum Gasteiger partial charge on any atom is 0.151 e. The highest BCUT2D eigenvalue weighted by molar-refractivity contribution is 5.81. The first kappa shape index (κ1) is 11.9. The van der Waals surface area contributed by atoms with E-state index in [1.807, 2.05) is 41.9 Å². The average molecular weight is 255 g/mol. The summed E-state index contributed by atoms with van der Waals surface area (Å²) in [4.78, 5) is 4.40. The third-order valence-corrected chi connectivity index (χ3v) is 3.28. The van der Waals surface area contributed by atoms with Crippen LogP contribution in [0.4, 0.5) is 4.39 Å². The van der Waals surface area contributed by atoms with Crippen LogP contribution in [-0.4, -0.2) is 9.55 Å². The first-order chi connectivity index (χ1) is 9.20. The van der Waals surface area contributed by atoms with Gasteiger partial charge in [-0.25, -0.2) is 9.37 Å². The van der Waals surface area contributed by atoms with Crippen LogP contribution in [0.25, 0.3) is 22.4 Å². The number of aromatic nitrogens is 2. The molecule has 0 saturated heterocycles. The fourth-order valence-electron chi connectivity index (χ4n) is 2.28. The molecule has 2 aromatic carbocycles. The molecule has 0 aliphatic carbocycles. The summed E-state index contributed by atoms with van der Waals surface area (Å²) in [5.74, 6) is 0.449. The van der Waals surface area contributed by atoms with Gasteiger partial charge in [-0.15, -0.1) is 0 Å². The maximum atomic E-state index is 13.7. The highest BCUT2D eigenvalue weighted by Crippen LogP contribution is 2.25. The van der Waals surface area contributed by atoms with Crippen LogP contribution in [0.3, 0.4) is 0 Å². The maximum absolute atomic E-state index is 13.7. The zero-order chi connectivity index (χ0) is 13.4. The van der Waals surface area contributed by atoms with Crippen LogP contribution >= 0.6 is 0 Å². The molecule has 2 N–H and O–H groups in total. The Kier molecular flexibility index (Phi) is 2.80. The van der Waals surface area contributed by atoms with Gasteiger partial charge in [0.1, 0.15) is 11.3 Å². The number of halogens is 1. The summed E-state index contributed by atoms with van der Waals surface area (Å²) in [7, 11) is 1.89. The van der Waals surface area contributed by atoms with Gasteiger partial charge in [0.25, 0.3) is 0 Å². The quantitative estimate of drug-likeness (QED) is 0.765. The summed E-state index contributed by atoms with van der Waals surface area (Å²) in [5, 5.41) is 0. The van der Waals surface area contributed by atoms with Gasteiger partial charge >= 0.3 is 0 Å². The minimum absolute atomic E-state index is 0.297. The Morgan fingerprint density at radius 2 is 2.00 bits per heavy atom. The van der Waals surface area contributed by atoms with E-state index >= 15 is 0 Å². The molecule has 3 nitrogen and oxygen atoms in total. The van der Waals surface area contributed by atoms with E-state index in [4.69, 9.17) is 5.73 Å². The van der Waals surface area contributed by atoms with Crippen molar-refractivity contribution in [2.24, 2.45) is 12.8 Å². The average Bonchev–Trinajstić information content (AvgIpc) is 2.78. The van der Waals surface area contributed by atoms with E-state index in [9.17, 15) is 4.39 Å². The van der Waals surface area contributed by atoms with Crippen molar-refractivity contribution in [2.75, 3.05) is 0 Å². The standard InChI is InChI=1S/C15H14FN3/c1-19-13-7-3-6-12(16)14(13)18-15(19)11-5-2-4-10(8-11)9-17/h2-8H,9,17H2,1H3. The van der Waals surface area contributed by atoms with Crippen LogP contribution in [0.5, 0.6) is 0 Å². The first-order valence-corrected chi connectivity index (χ1v) is 6.11. The van der Waals surface area contributed by atoms with Crippen molar-refractivity contribution in [1.29, 1.82) is 0 Å². The lowest BCUT2D eigenvalue weighted by Crippen LogP contribution is -1.97. The molecule has 0 aliphatic heterocycles. The van der Waals surface area contributed by atoms with E-state index < -0.39 is 0 Å². The van der Waals surface area contributed by atoms with Crippen molar-refractivity contribution in [3.05, 3.63) is 53.8 Å². The van der Waals surface area contributed by atoms with E-state index in [2.05, 4.69) is 4.98 Å². The number of nitrogens with two attached hydrogens (primary N) is 1. The molecule has 0 bridgehead atoms. The van der Waals surface area contributed by atoms with Gasteiger partial charge in [0.15, 0.2) is 5.82 Å². The molecule has 1 aromatic heterocycles. The molecule has 19 heavy (non-hydrogen) atoms. The fraction of sp³-hybridized carbons (Fsp3) is 0.133. The number of hydrogen-bond acceptors (Lipinski definition) is 2. The van der Waals surface area contributed by atoms with Crippen molar-refractivity contribution in [1.82, 2.24) is 9.55 Å². The lowest BCUT2D eigenvalue weighted by Gasteiger charge is -2.04. The van der Waals surface area contributed by atoms with E-state index in [0.717, 1.165) is 22.5 Å². The number of hydrogen-bond donors (Lipinski definition) is 1. The Hall–Kier alpha value is -2.20. The van der Waals surface area contributed by atoms with E-state index in [0.29, 0.717) is 12.1 Å². The van der Waals surface area contributed by atoms with Crippen LogP contribution in [0.2, 0.25) is 0 Å². The minimum atomic E-state index is -0.297. The van der Waals surface area contributed by atoms with Crippen LogP contribution in [-0.2, 0) is 13.6 Å². The number of imidazole rings is 1. The molecular formula is C15H14FN3. The van der Waals surface area contributed by atoms with Gasteiger partial charge in [0.2, 0.25) is 0 Å². The third kappa shape index (κ3) is 1.90. The fourth-order valence-corrected chi connectivity index (χ4v) is 2.28. The molecule has 0 atom stereocenters. The number of rotatable bonds is 2. The predicted octanol–water partition coefficient (Wildman–Crippen LogP) is 2.84. The highest BCUT2D eigenvalue weighted by atomic mass is 19.1. The molecule has 3 aromatic rings. The number of para-hydroxylation sites is 1. The second-order valence-corrected chi connectivity index (χ2v) is 4.51. The van der Waals surface area contributed by atoms with Crippen LogP contribution in [0.1, 0.15) is 5.56 Å². The molecule has 0 unspecified atom stereocenters. The van der Waals surface area contributed by atoms with Gasteiger partial charge in [0.05, 0.1) is 5.52 Å². The van der Waals surface area contributed by atoms with Crippen molar-refractivity contribution in [3.63, 3.8) is 0 Å². The minimum Gasteiger partial charge on any atom is -0.327 e. The Morgan fingerprint density at radius 1 is 1.21 bits per heavy atom. The molecular weight excluding hydrogens is 241 g/mol. The molecule has 96 valence electrons. The van der Waals surface area contributed by atoms with Crippen LogP contribution in [0, 0.1) is 5.82 Å². The second kappa shape index (κ2) is 4.48. The Morgan fingerprint density at radius 3 is 2.74 bits per heavy atom. The molecule has 0 fully saturated rings. The normalized spacial score (nSPS) is 11.1. The van der Waals surface area contributed by atoms with Gasteiger partial charge < -0.3 is 10.3 Å². The highest BCUT2D eigenvalue weighted by Gasteiger charge is 2.12. The monoisotopic (exact) mass is 255 g/mol. The lowest BCUT2D eigenvalue weighted by atomic mass is 10.1. The van der Waals surface area contributed by atoms with Crippen molar-refractivity contribution in [2.45, 2.75) is 6.54 Å². The Balaban J connectivity index is 2.25. The summed E-state index contributed by atoms with van der Waals surface area (Å²) in [6, 6.07) is 12.8. The molecule has 0 saturated carbocycles. The molecule has 3 rings (SSSR count). The summed E-state index contributed by atoms with van der Waals surface area (Å²) in [5.41, 5.74) is 8.81. The van der Waals surface area contributed by atoms with E-state index in [1.54, 1.807) is 6.07 Å². The largest absolute Gasteiger partial charge is 0.327 e. The summed E-state index contributed by atoms with van der Waals surface area (Å²) < 4.78 is 15.6. The van der Waals surface area contributed by atoms with Gasteiger partial charge in [0, 0.05) is 19.2 Å². The van der Waals surface area contributed by atoms with Crippen molar-refractivity contribution >= 4 is 11.0 Å². The predicted molar refractivity (Wildman–Crippen MR) is 74.0 cm³/mol. The zero-order valence-electron chi connectivity index (χ0n) is 10.6. The SMILES string of the molecule is Cn1c(-c2cccc(CN)c2)nc2c(F)cccc21. The van der Waals surface area contributed by atoms with Crippen molar-refractivity contribution < 1.29 is 4.39 Å². The van der Waals surface area contributed by atoms with E-state index in [-0.39, 0.29) is 5.82 Å². The molecule has 4 heteroatoms. The van der Waals surface area contributed by atoms with Crippen molar-refractivity contribution in [3.8, 4) is 11.4 Å². The van der Waals surface area contributed by atoms with Gasteiger partial charge in [-0.2, -0.15) is 0 Å². The number of benzene rings is 2. The third-order valence-electron chi connectivity index (χ3n) is 3.28. The smallest absolute Gasteiger partial charge is 0.151 e. The molecule has 0 amide bonds. The summed E-state index contributed by atoms with van der Waals surface area (Å²) >= 11 is 0.